The molecular weight excluding hydrogens is 164 g/mol. The lowest BCUT2D eigenvalue weighted by molar-refractivity contribution is -0.328. The summed E-state index contributed by atoms with van der Waals surface area (Å²) in [6.45, 7) is 4.59. The minimum atomic E-state index is -0.0729. The maximum Gasteiger partial charge on any atom is 0.240 e. The lowest BCUT2D eigenvalue weighted by atomic mass is 9.21. The predicted octanol–water partition coefficient (Wildman–Crippen LogP) is 0.803. The minimum Gasteiger partial charge on any atom is -0.294 e. The Morgan fingerprint density at radius 2 is 2.23 bits per heavy atom. The molecule has 5 saturated carbocycles. The van der Waals surface area contributed by atoms with E-state index in [9.17, 15) is 4.79 Å². The molecule has 0 aromatic carbocycles. The topological polar surface area (TPSA) is 55.1 Å². The summed E-state index contributed by atoms with van der Waals surface area (Å²) in [4.78, 5) is 11.7. The Morgan fingerprint density at radius 3 is 2.62 bits per heavy atom. The average Bonchev–Trinajstić information content (AvgIpc) is 2.48. The van der Waals surface area contributed by atoms with Gasteiger partial charge in [0, 0.05) is 0 Å². The maximum atomic E-state index is 11.7. The largest absolute Gasteiger partial charge is 0.294 e. The van der Waals surface area contributed by atoms with Gasteiger partial charge in [-0.1, -0.05) is 13.8 Å². The second-order valence-electron chi connectivity index (χ2n) is 5.46. The van der Waals surface area contributed by atoms with Gasteiger partial charge in [-0.3, -0.25) is 10.2 Å². The number of fused-ring (bicyclic) bond motifs is 1. The fourth-order valence-electron chi connectivity index (χ4n) is 4.85. The van der Waals surface area contributed by atoms with Crippen LogP contribution in [-0.4, -0.2) is 5.91 Å². The molecule has 5 rings (SSSR count). The monoisotopic (exact) mass is 180 g/mol. The number of nitrogens with two attached hydrogens (primary N) is 1. The van der Waals surface area contributed by atoms with Crippen LogP contribution in [0.2, 0.25) is 0 Å². The molecule has 72 valence electrons. The summed E-state index contributed by atoms with van der Waals surface area (Å²) >= 11 is 0. The lowest BCUT2D eigenvalue weighted by Gasteiger charge is -2.81. The van der Waals surface area contributed by atoms with Gasteiger partial charge in [0.15, 0.2) is 0 Å². The van der Waals surface area contributed by atoms with Crippen molar-refractivity contribution in [3.63, 3.8) is 0 Å². The van der Waals surface area contributed by atoms with Gasteiger partial charge in [-0.2, -0.15) is 0 Å². The Bertz CT molecular complexity index is 316. The summed E-state index contributed by atoms with van der Waals surface area (Å²) in [5.74, 6) is 5.95. The van der Waals surface area contributed by atoms with Gasteiger partial charge in [-0.15, -0.1) is 0 Å². The number of carbonyl (C=O) groups is 1. The molecular formula is C10H16N2O. The van der Waals surface area contributed by atoms with Gasteiger partial charge >= 0.3 is 0 Å². The Morgan fingerprint density at radius 1 is 1.54 bits per heavy atom. The van der Waals surface area contributed by atoms with E-state index in [1.54, 1.807) is 0 Å². The standard InChI is InChI=1S/C10H16N2O/c1-8-5-10(7(13)12-11)6(8)3-4-9(8,10)2/h6H,3-5,11H2,1-2H3,(H,12,13)/t6-,8-,9+,10-/m1/s1. The maximum absolute atomic E-state index is 11.7. The van der Waals surface area contributed by atoms with E-state index in [0.717, 1.165) is 6.42 Å². The molecule has 4 atom stereocenters. The molecule has 5 aliphatic rings. The summed E-state index contributed by atoms with van der Waals surface area (Å²) in [5, 5.41) is 0. The number of hydrazine groups is 1. The Hall–Kier alpha value is -0.570. The van der Waals surface area contributed by atoms with E-state index in [1.165, 1.54) is 12.8 Å². The van der Waals surface area contributed by atoms with Crippen LogP contribution in [-0.2, 0) is 4.79 Å². The third-order valence-electron chi connectivity index (χ3n) is 5.72. The fraction of sp³-hybridized carbons (Fsp3) is 0.900. The van der Waals surface area contributed by atoms with Crippen LogP contribution in [0.1, 0.15) is 33.1 Å². The van der Waals surface area contributed by atoms with E-state index < -0.39 is 0 Å². The van der Waals surface area contributed by atoms with Crippen LogP contribution < -0.4 is 11.3 Å². The Balaban J connectivity index is 2.03. The van der Waals surface area contributed by atoms with Gasteiger partial charge in [-0.05, 0) is 36.0 Å². The first kappa shape index (κ1) is 7.80. The van der Waals surface area contributed by atoms with Crippen molar-refractivity contribution in [1.29, 1.82) is 0 Å². The number of hydrogen-bond donors (Lipinski definition) is 2. The molecule has 0 saturated heterocycles. The van der Waals surface area contributed by atoms with Crippen LogP contribution in [0.4, 0.5) is 0 Å². The summed E-state index contributed by atoms with van der Waals surface area (Å²) < 4.78 is 0. The first-order chi connectivity index (χ1) is 6.03. The van der Waals surface area contributed by atoms with Gasteiger partial charge in [0.2, 0.25) is 5.91 Å². The molecule has 5 fully saturated rings. The summed E-state index contributed by atoms with van der Waals surface area (Å²) in [6.07, 6.45) is 3.49. The van der Waals surface area contributed by atoms with E-state index >= 15 is 0 Å². The number of rotatable bonds is 1. The molecule has 0 aromatic rings. The molecule has 3 nitrogen and oxygen atoms in total. The molecule has 13 heavy (non-hydrogen) atoms. The number of nitrogens with one attached hydrogen (secondary N) is 1. The Kier molecular flexibility index (Phi) is 0.991. The summed E-state index contributed by atoms with van der Waals surface area (Å²) in [6, 6.07) is 0. The second-order valence-corrected chi connectivity index (χ2v) is 5.46. The van der Waals surface area contributed by atoms with Crippen molar-refractivity contribution in [3.05, 3.63) is 0 Å². The molecule has 1 amide bonds. The van der Waals surface area contributed by atoms with Crippen LogP contribution in [0.3, 0.4) is 0 Å². The number of hydrogen-bond acceptors (Lipinski definition) is 2. The van der Waals surface area contributed by atoms with Crippen molar-refractivity contribution >= 4 is 5.91 Å². The molecule has 0 radical (unpaired) electrons. The van der Waals surface area contributed by atoms with Gasteiger partial charge in [0.05, 0.1) is 5.41 Å². The molecule has 3 N–H and O–H groups in total. The fourth-order valence-corrected chi connectivity index (χ4v) is 4.85. The van der Waals surface area contributed by atoms with E-state index in [4.69, 9.17) is 5.84 Å². The smallest absolute Gasteiger partial charge is 0.240 e. The molecule has 5 aliphatic carbocycles. The molecule has 0 aliphatic heterocycles. The first-order valence-electron chi connectivity index (χ1n) is 5.04. The lowest BCUT2D eigenvalue weighted by Crippen LogP contribution is -2.82. The van der Waals surface area contributed by atoms with Crippen LogP contribution in [0.25, 0.3) is 0 Å². The van der Waals surface area contributed by atoms with Crippen LogP contribution in [0.5, 0.6) is 0 Å². The highest BCUT2D eigenvalue weighted by Gasteiger charge is 2.91. The summed E-state index contributed by atoms with van der Waals surface area (Å²) in [7, 11) is 0. The van der Waals surface area contributed by atoms with Crippen molar-refractivity contribution < 1.29 is 4.79 Å². The highest BCUT2D eigenvalue weighted by atomic mass is 16.2. The van der Waals surface area contributed by atoms with Gasteiger partial charge < -0.3 is 0 Å². The van der Waals surface area contributed by atoms with Gasteiger partial charge in [-0.25, -0.2) is 5.84 Å². The van der Waals surface area contributed by atoms with E-state index in [2.05, 4.69) is 19.3 Å². The van der Waals surface area contributed by atoms with Crippen molar-refractivity contribution in [2.75, 3.05) is 0 Å². The Labute approximate surface area is 78.0 Å². The van der Waals surface area contributed by atoms with Crippen LogP contribution in [0, 0.1) is 22.2 Å². The highest BCUT2D eigenvalue weighted by Crippen LogP contribution is 2.93. The zero-order valence-corrected chi connectivity index (χ0v) is 8.18. The van der Waals surface area contributed by atoms with Crippen molar-refractivity contribution in [2.24, 2.45) is 28.0 Å². The number of carbonyl (C=O) groups excluding carboxylic acids is 1. The average molecular weight is 180 g/mol. The van der Waals surface area contributed by atoms with Crippen LogP contribution in [0.15, 0.2) is 0 Å². The SMILES string of the molecule is C[C@@]12CC[C@H]3[C@@]1(C(=O)NN)C[C@]32C. The second kappa shape index (κ2) is 1.65. The molecule has 3 heteroatoms. The zero-order valence-electron chi connectivity index (χ0n) is 8.18. The van der Waals surface area contributed by atoms with Crippen molar-refractivity contribution in [3.8, 4) is 0 Å². The minimum absolute atomic E-state index is 0.0729. The van der Waals surface area contributed by atoms with Crippen LogP contribution >= 0.6 is 0 Å². The molecule has 0 unspecified atom stereocenters. The number of amides is 1. The van der Waals surface area contributed by atoms with Crippen molar-refractivity contribution in [1.82, 2.24) is 5.43 Å². The quantitative estimate of drug-likeness (QED) is 0.356. The highest BCUT2D eigenvalue weighted by molar-refractivity contribution is 5.89. The molecule has 0 spiro atoms. The third kappa shape index (κ3) is 0.416. The first-order valence-corrected chi connectivity index (χ1v) is 5.04. The molecule has 0 aromatic heterocycles. The predicted molar refractivity (Wildman–Crippen MR) is 48.3 cm³/mol. The van der Waals surface area contributed by atoms with Gasteiger partial charge in [0.1, 0.15) is 0 Å². The van der Waals surface area contributed by atoms with E-state index in [1.807, 2.05) is 0 Å². The van der Waals surface area contributed by atoms with Gasteiger partial charge in [0.25, 0.3) is 0 Å². The van der Waals surface area contributed by atoms with Crippen molar-refractivity contribution in [2.45, 2.75) is 33.1 Å². The summed E-state index contributed by atoms with van der Waals surface area (Å²) in [5.41, 5.74) is 2.99. The third-order valence-corrected chi connectivity index (χ3v) is 5.72. The van der Waals surface area contributed by atoms with E-state index in [-0.39, 0.29) is 16.7 Å². The molecule has 0 heterocycles. The molecule has 4 bridgehead atoms. The normalized spacial score (nSPS) is 61.0. The zero-order chi connectivity index (χ0) is 9.48. The van der Waals surface area contributed by atoms with E-state index in [0.29, 0.717) is 11.3 Å².